The van der Waals surface area contributed by atoms with Crippen LogP contribution < -0.4 is 10.5 Å². The van der Waals surface area contributed by atoms with Gasteiger partial charge in [-0.25, -0.2) is 0 Å². The molecule has 3 nitrogen and oxygen atoms in total. The van der Waals surface area contributed by atoms with Crippen LogP contribution in [-0.2, 0) is 0 Å². The normalized spacial score (nSPS) is 19.2. The molecule has 1 aromatic rings. The molecule has 0 heterocycles. The number of hydrogen-bond donors (Lipinski definition) is 1. The minimum atomic E-state index is 0.231. The van der Waals surface area contributed by atoms with Crippen LogP contribution in [-0.4, -0.2) is 6.10 Å². The van der Waals surface area contributed by atoms with E-state index in [1.54, 1.807) is 6.07 Å². The summed E-state index contributed by atoms with van der Waals surface area (Å²) in [6, 6.07) is 7.46. The lowest BCUT2D eigenvalue weighted by molar-refractivity contribution is 0.0994. The molecule has 1 fully saturated rings. The lowest BCUT2D eigenvalue weighted by Crippen LogP contribution is -2.28. The molecule has 0 unspecified atom stereocenters. The molecule has 0 bridgehead atoms. The van der Waals surface area contributed by atoms with Gasteiger partial charge in [-0.05, 0) is 43.2 Å². The SMILES string of the molecule is CC1(C)CCC(Oc2cccc(C#N)c2N)CC1. The molecular weight excluding hydrogens is 224 g/mol. The number of para-hydroxylation sites is 1. The van der Waals surface area contributed by atoms with E-state index in [0.717, 1.165) is 12.8 Å². The molecule has 1 saturated carbocycles. The van der Waals surface area contributed by atoms with Gasteiger partial charge in [0.05, 0.1) is 17.4 Å². The first kappa shape index (κ1) is 12.8. The molecular formula is C15H20N2O. The predicted octanol–water partition coefficient (Wildman–Crippen LogP) is 3.49. The Morgan fingerprint density at radius 3 is 2.61 bits per heavy atom. The third-order valence-corrected chi connectivity index (χ3v) is 3.77. The fourth-order valence-corrected chi connectivity index (χ4v) is 2.41. The smallest absolute Gasteiger partial charge is 0.143 e. The predicted molar refractivity (Wildman–Crippen MR) is 72.2 cm³/mol. The fraction of sp³-hybridized carbons (Fsp3) is 0.533. The highest BCUT2D eigenvalue weighted by atomic mass is 16.5. The third-order valence-electron chi connectivity index (χ3n) is 3.77. The quantitative estimate of drug-likeness (QED) is 0.810. The second kappa shape index (κ2) is 4.89. The van der Waals surface area contributed by atoms with E-state index in [9.17, 15) is 0 Å². The first-order valence-corrected chi connectivity index (χ1v) is 6.47. The Balaban J connectivity index is 2.05. The summed E-state index contributed by atoms with van der Waals surface area (Å²) in [4.78, 5) is 0. The molecule has 0 atom stereocenters. The highest BCUT2D eigenvalue weighted by Crippen LogP contribution is 2.37. The van der Waals surface area contributed by atoms with E-state index in [4.69, 9.17) is 15.7 Å². The molecule has 0 saturated heterocycles. The average Bonchev–Trinajstić information content (AvgIpc) is 2.34. The summed E-state index contributed by atoms with van der Waals surface area (Å²) in [6.07, 6.45) is 4.70. The van der Waals surface area contributed by atoms with E-state index in [0.29, 0.717) is 22.4 Å². The van der Waals surface area contributed by atoms with Gasteiger partial charge >= 0.3 is 0 Å². The zero-order chi connectivity index (χ0) is 13.2. The van der Waals surface area contributed by atoms with Gasteiger partial charge < -0.3 is 10.5 Å². The van der Waals surface area contributed by atoms with E-state index in [-0.39, 0.29) is 6.10 Å². The van der Waals surface area contributed by atoms with Gasteiger partial charge in [0.25, 0.3) is 0 Å². The zero-order valence-corrected chi connectivity index (χ0v) is 11.1. The highest BCUT2D eigenvalue weighted by molar-refractivity contribution is 5.63. The summed E-state index contributed by atoms with van der Waals surface area (Å²) < 4.78 is 5.95. The van der Waals surface area contributed by atoms with Crippen LogP contribution in [0.15, 0.2) is 18.2 Å². The van der Waals surface area contributed by atoms with Crippen LogP contribution >= 0.6 is 0 Å². The van der Waals surface area contributed by atoms with E-state index >= 15 is 0 Å². The summed E-state index contributed by atoms with van der Waals surface area (Å²) in [6.45, 7) is 4.60. The minimum absolute atomic E-state index is 0.231. The molecule has 96 valence electrons. The second-order valence-corrected chi connectivity index (χ2v) is 5.81. The molecule has 2 rings (SSSR count). The number of benzene rings is 1. The van der Waals surface area contributed by atoms with Crippen molar-refractivity contribution >= 4 is 5.69 Å². The summed E-state index contributed by atoms with van der Waals surface area (Å²) in [5, 5.41) is 8.93. The largest absolute Gasteiger partial charge is 0.488 e. The fourth-order valence-electron chi connectivity index (χ4n) is 2.41. The molecule has 0 aliphatic heterocycles. The molecule has 0 radical (unpaired) electrons. The Kier molecular flexibility index (Phi) is 3.47. The van der Waals surface area contributed by atoms with Crippen LogP contribution in [0.3, 0.4) is 0 Å². The lowest BCUT2D eigenvalue weighted by atomic mass is 9.76. The monoisotopic (exact) mass is 244 g/mol. The Hall–Kier alpha value is -1.69. The van der Waals surface area contributed by atoms with Gasteiger partial charge in [-0.3, -0.25) is 0 Å². The molecule has 2 N–H and O–H groups in total. The van der Waals surface area contributed by atoms with Crippen molar-refractivity contribution in [1.29, 1.82) is 5.26 Å². The molecule has 1 aliphatic carbocycles. The van der Waals surface area contributed by atoms with Gasteiger partial charge in [0.2, 0.25) is 0 Å². The lowest BCUT2D eigenvalue weighted by Gasteiger charge is -2.34. The van der Waals surface area contributed by atoms with Crippen molar-refractivity contribution in [3.63, 3.8) is 0 Å². The Bertz CT molecular complexity index is 464. The number of nitriles is 1. The maximum Gasteiger partial charge on any atom is 0.143 e. The van der Waals surface area contributed by atoms with E-state index in [1.165, 1.54) is 12.8 Å². The summed E-state index contributed by atoms with van der Waals surface area (Å²) in [7, 11) is 0. The van der Waals surface area contributed by atoms with Gasteiger partial charge in [0, 0.05) is 0 Å². The van der Waals surface area contributed by atoms with Crippen LogP contribution in [0.25, 0.3) is 0 Å². The van der Waals surface area contributed by atoms with Crippen molar-refractivity contribution in [3.8, 4) is 11.8 Å². The summed E-state index contributed by atoms with van der Waals surface area (Å²) in [5.41, 5.74) is 7.30. The van der Waals surface area contributed by atoms with Crippen molar-refractivity contribution < 1.29 is 4.74 Å². The number of hydrogen-bond acceptors (Lipinski definition) is 3. The van der Waals surface area contributed by atoms with Gasteiger partial charge in [-0.15, -0.1) is 0 Å². The van der Waals surface area contributed by atoms with E-state index in [1.807, 2.05) is 12.1 Å². The Labute approximate surface area is 109 Å². The number of nitrogens with two attached hydrogens (primary N) is 1. The Morgan fingerprint density at radius 1 is 1.33 bits per heavy atom. The standard InChI is InChI=1S/C15H20N2O/c1-15(2)8-6-12(7-9-15)18-13-5-3-4-11(10-16)14(13)17/h3-5,12H,6-9,17H2,1-2H3. The second-order valence-electron chi connectivity index (χ2n) is 5.81. The summed E-state index contributed by atoms with van der Waals surface area (Å²) in [5.74, 6) is 0.652. The number of nitrogens with zero attached hydrogens (tertiary/aromatic N) is 1. The van der Waals surface area contributed by atoms with Crippen LogP contribution in [0, 0.1) is 16.7 Å². The van der Waals surface area contributed by atoms with Crippen LogP contribution in [0.4, 0.5) is 5.69 Å². The molecule has 1 aliphatic rings. The third kappa shape index (κ3) is 2.76. The molecule has 3 heteroatoms. The van der Waals surface area contributed by atoms with Gasteiger partial charge in [0.15, 0.2) is 0 Å². The van der Waals surface area contributed by atoms with E-state index in [2.05, 4.69) is 19.9 Å². The first-order chi connectivity index (χ1) is 8.52. The highest BCUT2D eigenvalue weighted by Gasteiger charge is 2.28. The van der Waals surface area contributed by atoms with Crippen LogP contribution in [0.2, 0.25) is 0 Å². The first-order valence-electron chi connectivity index (χ1n) is 6.47. The maximum absolute atomic E-state index is 8.93. The summed E-state index contributed by atoms with van der Waals surface area (Å²) >= 11 is 0. The number of nitrogen functional groups attached to an aromatic ring is 1. The van der Waals surface area contributed by atoms with Gasteiger partial charge in [0.1, 0.15) is 11.8 Å². The van der Waals surface area contributed by atoms with Crippen molar-refractivity contribution in [2.24, 2.45) is 5.41 Å². The van der Waals surface area contributed by atoms with Crippen molar-refractivity contribution in [2.75, 3.05) is 5.73 Å². The average molecular weight is 244 g/mol. The van der Waals surface area contributed by atoms with Crippen LogP contribution in [0.1, 0.15) is 45.1 Å². The Morgan fingerprint density at radius 2 is 2.00 bits per heavy atom. The molecule has 18 heavy (non-hydrogen) atoms. The van der Waals surface area contributed by atoms with Crippen molar-refractivity contribution in [3.05, 3.63) is 23.8 Å². The number of anilines is 1. The number of rotatable bonds is 2. The molecule has 0 spiro atoms. The van der Waals surface area contributed by atoms with Crippen molar-refractivity contribution in [1.82, 2.24) is 0 Å². The minimum Gasteiger partial charge on any atom is -0.488 e. The van der Waals surface area contributed by atoms with Gasteiger partial charge in [-0.1, -0.05) is 19.9 Å². The topological polar surface area (TPSA) is 59.0 Å². The van der Waals surface area contributed by atoms with Gasteiger partial charge in [-0.2, -0.15) is 5.26 Å². The van der Waals surface area contributed by atoms with E-state index < -0.39 is 0 Å². The molecule has 1 aromatic carbocycles. The molecule has 0 amide bonds. The maximum atomic E-state index is 8.93. The number of ether oxygens (including phenoxy) is 1. The van der Waals surface area contributed by atoms with Crippen LogP contribution in [0.5, 0.6) is 5.75 Å². The van der Waals surface area contributed by atoms with Crippen molar-refractivity contribution in [2.45, 2.75) is 45.6 Å². The zero-order valence-electron chi connectivity index (χ0n) is 11.1. The molecule has 0 aromatic heterocycles.